The molecule has 1 aliphatic heterocycles. The van der Waals surface area contributed by atoms with Gasteiger partial charge in [-0.25, -0.2) is 18.4 Å². The van der Waals surface area contributed by atoms with E-state index in [0.717, 1.165) is 37.2 Å². The van der Waals surface area contributed by atoms with E-state index in [1.807, 2.05) is 0 Å². The predicted octanol–water partition coefficient (Wildman–Crippen LogP) is 3.20. The quantitative estimate of drug-likeness (QED) is 0.251. The molecule has 40 heavy (non-hydrogen) atoms. The number of alkyl halides is 1. The van der Waals surface area contributed by atoms with Gasteiger partial charge in [0.25, 0.3) is 0 Å². The molecular formula is C26H24ClF2N3O8. The number of rotatable bonds is 4. The summed E-state index contributed by atoms with van der Waals surface area (Å²) in [5.74, 6) is -5.49. The Morgan fingerprint density at radius 1 is 1.07 bits per heavy atom. The number of benzene rings is 2. The van der Waals surface area contributed by atoms with Crippen LogP contribution in [-0.2, 0) is 0 Å². The summed E-state index contributed by atoms with van der Waals surface area (Å²) in [7, 11) is 0. The van der Waals surface area contributed by atoms with Crippen molar-refractivity contribution in [2.75, 3.05) is 18.0 Å². The summed E-state index contributed by atoms with van der Waals surface area (Å²) in [4.78, 5) is 36.1. The molecule has 0 amide bonds. The maximum absolute atomic E-state index is 15.0. The van der Waals surface area contributed by atoms with Gasteiger partial charge in [0.1, 0.15) is 17.6 Å². The number of aromatic carboxylic acids is 2. The van der Waals surface area contributed by atoms with Crippen LogP contribution in [0.25, 0.3) is 10.9 Å². The van der Waals surface area contributed by atoms with Crippen LogP contribution in [-0.4, -0.2) is 67.3 Å². The van der Waals surface area contributed by atoms with E-state index in [2.05, 4.69) is 0 Å². The van der Waals surface area contributed by atoms with Gasteiger partial charge in [0, 0.05) is 37.2 Å². The molecule has 1 spiro atoms. The minimum absolute atomic E-state index is 0.00645. The summed E-state index contributed by atoms with van der Waals surface area (Å²) in [5, 5.41) is 44.1. The van der Waals surface area contributed by atoms with Crippen molar-refractivity contribution >= 4 is 40.1 Å². The maximum Gasteiger partial charge on any atom is 0.341 e. The number of carbonyl (C=O) groups is 2. The third-order valence-electron chi connectivity index (χ3n) is 7.69. The number of nitrogens with zero attached hydrogens (tertiary/aromatic N) is 2. The van der Waals surface area contributed by atoms with Gasteiger partial charge in [0.2, 0.25) is 5.43 Å². The van der Waals surface area contributed by atoms with Crippen molar-refractivity contribution in [3.63, 3.8) is 0 Å². The molecule has 2 saturated carbocycles. The summed E-state index contributed by atoms with van der Waals surface area (Å²) in [6, 6.07) is 2.00. The van der Waals surface area contributed by atoms with Gasteiger partial charge in [0.05, 0.1) is 33.2 Å². The second kappa shape index (κ2) is 9.52. The molecule has 3 aromatic rings. The molecule has 3 aliphatic rings. The molecule has 14 heteroatoms. The van der Waals surface area contributed by atoms with Crippen molar-refractivity contribution in [2.24, 2.45) is 11.1 Å². The highest BCUT2D eigenvalue weighted by Gasteiger charge is 2.54. The van der Waals surface area contributed by atoms with Crippen LogP contribution in [0.3, 0.4) is 0 Å². The van der Waals surface area contributed by atoms with Gasteiger partial charge in [-0.05, 0) is 31.0 Å². The van der Waals surface area contributed by atoms with Crippen LogP contribution in [0.15, 0.2) is 29.2 Å². The maximum atomic E-state index is 15.0. The molecule has 1 aromatic heterocycles. The van der Waals surface area contributed by atoms with E-state index in [4.69, 9.17) is 37.8 Å². The highest BCUT2D eigenvalue weighted by Crippen LogP contribution is 2.54. The minimum Gasteiger partial charge on any atom is -0.504 e. The number of fused-ring (bicyclic) bond motifs is 1. The summed E-state index contributed by atoms with van der Waals surface area (Å²) < 4.78 is 30.2. The number of phenols is 3. The van der Waals surface area contributed by atoms with Crippen molar-refractivity contribution in [2.45, 2.75) is 37.5 Å². The Morgan fingerprint density at radius 2 is 1.68 bits per heavy atom. The molecule has 6 rings (SSSR count). The lowest BCUT2D eigenvalue weighted by atomic mass is 10.0. The molecule has 0 unspecified atom stereocenters. The average molecular weight is 580 g/mol. The Kier molecular flexibility index (Phi) is 6.54. The molecule has 1 saturated heterocycles. The molecule has 2 aliphatic carbocycles. The van der Waals surface area contributed by atoms with Crippen LogP contribution in [0, 0.1) is 11.2 Å². The molecule has 3 atom stereocenters. The van der Waals surface area contributed by atoms with Crippen molar-refractivity contribution in [3.05, 3.63) is 56.6 Å². The first-order valence-corrected chi connectivity index (χ1v) is 12.6. The van der Waals surface area contributed by atoms with Crippen LogP contribution >= 0.6 is 11.6 Å². The highest BCUT2D eigenvalue weighted by atomic mass is 35.5. The van der Waals surface area contributed by atoms with Crippen molar-refractivity contribution in [1.82, 2.24) is 4.57 Å². The zero-order valence-corrected chi connectivity index (χ0v) is 21.4. The van der Waals surface area contributed by atoms with Gasteiger partial charge in [-0.15, -0.1) is 0 Å². The number of aromatic hydroxyl groups is 3. The number of anilines is 1. The smallest absolute Gasteiger partial charge is 0.341 e. The van der Waals surface area contributed by atoms with Gasteiger partial charge in [0.15, 0.2) is 17.2 Å². The Balaban J connectivity index is 0.000000227. The zero-order chi connectivity index (χ0) is 29.3. The van der Waals surface area contributed by atoms with E-state index < -0.39 is 58.2 Å². The predicted molar refractivity (Wildman–Crippen MR) is 139 cm³/mol. The topological polar surface area (TPSA) is 187 Å². The first-order valence-electron chi connectivity index (χ1n) is 12.2. The normalized spacial score (nSPS) is 22.2. The molecule has 2 aromatic carbocycles. The van der Waals surface area contributed by atoms with Gasteiger partial charge in [-0.3, -0.25) is 4.79 Å². The largest absolute Gasteiger partial charge is 0.504 e. The monoisotopic (exact) mass is 579 g/mol. The lowest BCUT2D eigenvalue weighted by Crippen LogP contribution is -2.30. The fourth-order valence-electron chi connectivity index (χ4n) is 5.16. The molecule has 7 N–H and O–H groups in total. The number of halogens is 3. The third-order valence-corrected chi connectivity index (χ3v) is 8.05. The number of phenolic OH excluding ortho intramolecular Hbond substituents is 3. The van der Waals surface area contributed by atoms with E-state index >= 15 is 4.39 Å². The fraction of sp³-hybridized carbons (Fsp3) is 0.346. The Labute approximate surface area is 229 Å². The first-order chi connectivity index (χ1) is 18.8. The van der Waals surface area contributed by atoms with Crippen LogP contribution in [0.4, 0.5) is 14.5 Å². The highest BCUT2D eigenvalue weighted by molar-refractivity contribution is 6.38. The molecule has 212 valence electrons. The molecule has 2 heterocycles. The molecular weight excluding hydrogens is 556 g/mol. The van der Waals surface area contributed by atoms with E-state index in [-0.39, 0.29) is 45.1 Å². The molecule has 0 bridgehead atoms. The van der Waals surface area contributed by atoms with Crippen LogP contribution < -0.4 is 16.1 Å². The Bertz CT molecular complexity index is 1620. The van der Waals surface area contributed by atoms with E-state index in [0.29, 0.717) is 13.1 Å². The average Bonchev–Trinajstić information content (AvgIpc) is 3.78. The van der Waals surface area contributed by atoms with Gasteiger partial charge < -0.3 is 40.7 Å². The number of nitrogens with two attached hydrogens (primary N) is 1. The lowest BCUT2D eigenvalue weighted by molar-refractivity contribution is 0.0684. The number of aromatic nitrogens is 1. The number of carboxylic acid groups (broad SMARTS) is 2. The third kappa shape index (κ3) is 4.54. The van der Waals surface area contributed by atoms with Crippen molar-refractivity contribution < 1.29 is 43.9 Å². The second-order valence-electron chi connectivity index (χ2n) is 10.3. The number of carboxylic acids is 2. The molecule has 3 fully saturated rings. The number of hydrogen-bond donors (Lipinski definition) is 6. The Morgan fingerprint density at radius 3 is 2.15 bits per heavy atom. The summed E-state index contributed by atoms with van der Waals surface area (Å²) in [5.41, 5.74) is 4.86. The van der Waals surface area contributed by atoms with Crippen LogP contribution in [0.5, 0.6) is 17.2 Å². The first kappa shape index (κ1) is 27.5. The minimum atomic E-state index is -1.45. The SMILES string of the molecule is N[C@@H]1CN(c2c(F)cc3c(=O)c(C(=O)O)cn([C@@H]4C[C@@H]4F)c3c2Cl)CC12CC2.O=C(O)c1cc(O)c(O)c(O)c1. The van der Waals surface area contributed by atoms with E-state index in [1.165, 1.54) is 4.57 Å². The standard InChI is InChI=1S/C19H18ClF2N3O3.C7H6O5/c20-14-15-8(17(26)9(18(27)28)5-25(15)12-4-10(12)21)3-11(22)16(14)24-6-13(23)19(7-24)1-2-19;8-4-1-3(7(11)12)2-5(9)6(4)10/h3,5,10,12-13H,1-2,4,6-7,23H2,(H,27,28);1-2,8-10H,(H,11,12)/t10-,12+,13+;/m0./s1. The molecule has 0 radical (unpaired) electrons. The summed E-state index contributed by atoms with van der Waals surface area (Å²) in [6.45, 7) is 1.01. The van der Waals surface area contributed by atoms with Gasteiger partial charge in [-0.2, -0.15) is 0 Å². The van der Waals surface area contributed by atoms with Gasteiger partial charge in [-0.1, -0.05) is 11.6 Å². The van der Waals surface area contributed by atoms with Crippen LogP contribution in [0.2, 0.25) is 5.02 Å². The second-order valence-corrected chi connectivity index (χ2v) is 10.7. The number of hydrogen-bond acceptors (Lipinski definition) is 8. The molecule has 11 nitrogen and oxygen atoms in total. The fourth-order valence-corrected chi connectivity index (χ4v) is 5.56. The van der Waals surface area contributed by atoms with Crippen LogP contribution in [0.1, 0.15) is 46.0 Å². The summed E-state index contributed by atoms with van der Waals surface area (Å²) >= 11 is 6.56. The van der Waals surface area contributed by atoms with Crippen molar-refractivity contribution in [3.8, 4) is 17.2 Å². The summed E-state index contributed by atoms with van der Waals surface area (Å²) in [6.07, 6.45) is 2.11. The zero-order valence-electron chi connectivity index (χ0n) is 20.6. The lowest BCUT2D eigenvalue weighted by Gasteiger charge is -2.23. The Hall–Kier alpha value is -4.10. The van der Waals surface area contributed by atoms with E-state index in [9.17, 15) is 23.9 Å². The van der Waals surface area contributed by atoms with Gasteiger partial charge >= 0.3 is 11.9 Å². The number of pyridine rings is 1. The van der Waals surface area contributed by atoms with E-state index in [1.54, 1.807) is 4.90 Å². The van der Waals surface area contributed by atoms with Crippen molar-refractivity contribution in [1.29, 1.82) is 0 Å².